The van der Waals surface area contributed by atoms with E-state index in [9.17, 15) is 9.90 Å². The standard InChI is InChI=1S/C32H43NO7/c1-6-33-28-24-26-27-30(15-36-2,29(33)40-26)12-11-21(39-5)32(27,28)19-13-18-20(38-4)14-31(24,35)23(19)22(18)25(34)16-7-9-17(37-3)10-8-16/h7-10,18-24,26-29,35H,6,11-15H2,1-5H3/t18-,19-,20+,21+,22+,23-,24+,26+,27-,28-,29?,30+,31-,32+/m1/s1. The maximum atomic E-state index is 14.5. The lowest BCUT2D eigenvalue weighted by molar-refractivity contribution is -0.317. The van der Waals surface area contributed by atoms with Crippen LogP contribution >= 0.6 is 0 Å². The molecule has 1 unspecified atom stereocenters. The quantitative estimate of drug-likeness (QED) is 0.492. The number of aliphatic hydroxyl groups is 1. The molecule has 8 fully saturated rings. The molecule has 1 aromatic rings. The van der Waals surface area contributed by atoms with E-state index in [2.05, 4.69) is 11.8 Å². The fourth-order valence-electron chi connectivity index (χ4n) is 12.6. The average molecular weight is 554 g/mol. The summed E-state index contributed by atoms with van der Waals surface area (Å²) in [4.78, 5) is 17.0. The first-order valence-electron chi connectivity index (χ1n) is 15.2. The molecular weight excluding hydrogens is 510 g/mol. The van der Waals surface area contributed by atoms with Gasteiger partial charge in [0.1, 0.15) is 12.0 Å². The number of Topliss-reactive ketones (excluding diaryl/α,β-unsaturated/α-hetero) is 1. The lowest BCUT2D eigenvalue weighted by Crippen LogP contribution is -2.79. The van der Waals surface area contributed by atoms with Crippen LogP contribution in [0.1, 0.15) is 43.0 Å². The van der Waals surface area contributed by atoms with E-state index in [1.807, 2.05) is 38.5 Å². The van der Waals surface area contributed by atoms with Crippen molar-refractivity contribution >= 4 is 5.78 Å². The van der Waals surface area contributed by atoms with Gasteiger partial charge in [-0.3, -0.25) is 9.69 Å². The molecule has 5 aliphatic carbocycles. The molecule has 8 nitrogen and oxygen atoms in total. The molecule has 9 bridgehead atoms. The van der Waals surface area contributed by atoms with Gasteiger partial charge in [-0.25, -0.2) is 0 Å². The van der Waals surface area contributed by atoms with E-state index in [1.165, 1.54) is 0 Å². The molecule has 1 N–H and O–H groups in total. The minimum atomic E-state index is -1.05. The van der Waals surface area contributed by atoms with Gasteiger partial charge < -0.3 is 28.8 Å². The zero-order valence-corrected chi connectivity index (χ0v) is 24.2. The van der Waals surface area contributed by atoms with Crippen molar-refractivity contribution < 1.29 is 33.6 Å². The molecule has 0 radical (unpaired) electrons. The van der Waals surface area contributed by atoms with Crippen molar-refractivity contribution in [2.24, 2.45) is 46.3 Å². The molecule has 0 amide bonds. The molecule has 8 aliphatic rings. The third-order valence-corrected chi connectivity index (χ3v) is 13.2. The highest BCUT2D eigenvalue weighted by atomic mass is 16.5. The van der Waals surface area contributed by atoms with Crippen molar-refractivity contribution in [3.05, 3.63) is 29.8 Å². The maximum Gasteiger partial charge on any atom is 0.166 e. The van der Waals surface area contributed by atoms with Crippen LogP contribution in [-0.4, -0.2) is 93.6 Å². The lowest BCUT2D eigenvalue weighted by Gasteiger charge is -2.70. The number of carbonyl (C=O) groups is 1. The second-order valence-corrected chi connectivity index (χ2v) is 13.8. The Morgan fingerprint density at radius 3 is 2.55 bits per heavy atom. The number of benzene rings is 1. The van der Waals surface area contributed by atoms with Crippen molar-refractivity contribution in [2.45, 2.75) is 68.8 Å². The summed E-state index contributed by atoms with van der Waals surface area (Å²) in [5.74, 6) is 0.758. The minimum Gasteiger partial charge on any atom is -0.497 e. The number of rotatable bonds is 8. The van der Waals surface area contributed by atoms with Crippen molar-refractivity contribution in [1.29, 1.82) is 0 Å². The second-order valence-electron chi connectivity index (χ2n) is 13.8. The Kier molecular flexibility index (Phi) is 5.56. The Bertz CT molecular complexity index is 1210. The minimum absolute atomic E-state index is 0.00772. The Hall–Kier alpha value is -1.55. The molecule has 5 saturated carbocycles. The van der Waals surface area contributed by atoms with Gasteiger partial charge in [-0.1, -0.05) is 6.92 Å². The number of hydrogen-bond donors (Lipinski definition) is 1. The van der Waals surface area contributed by atoms with E-state index in [0.29, 0.717) is 18.6 Å². The summed E-state index contributed by atoms with van der Waals surface area (Å²) in [6, 6.07) is 7.63. The third-order valence-electron chi connectivity index (χ3n) is 13.2. The van der Waals surface area contributed by atoms with Crippen LogP contribution < -0.4 is 4.74 Å². The fraction of sp³-hybridized carbons (Fsp3) is 0.781. The topological polar surface area (TPSA) is 86.7 Å². The summed E-state index contributed by atoms with van der Waals surface area (Å²) in [6.07, 6.45) is 3.22. The van der Waals surface area contributed by atoms with Gasteiger partial charge in [-0.2, -0.15) is 0 Å². The number of nitrogens with zero attached hydrogens (tertiary/aromatic N) is 1. The van der Waals surface area contributed by atoms with Gasteiger partial charge in [0, 0.05) is 73.9 Å². The molecular formula is C32H43NO7. The molecule has 1 aromatic carbocycles. The fourth-order valence-corrected chi connectivity index (χ4v) is 12.6. The van der Waals surface area contributed by atoms with Crippen LogP contribution in [0.5, 0.6) is 5.75 Å². The van der Waals surface area contributed by atoms with E-state index >= 15 is 0 Å². The molecule has 218 valence electrons. The zero-order valence-electron chi connectivity index (χ0n) is 24.2. The van der Waals surface area contributed by atoms with Gasteiger partial charge >= 0.3 is 0 Å². The lowest BCUT2D eigenvalue weighted by atomic mass is 9.42. The van der Waals surface area contributed by atoms with Crippen LogP contribution in [0.4, 0.5) is 0 Å². The van der Waals surface area contributed by atoms with Crippen molar-refractivity contribution in [3.63, 3.8) is 0 Å². The van der Waals surface area contributed by atoms with E-state index in [1.54, 1.807) is 14.2 Å². The largest absolute Gasteiger partial charge is 0.497 e. The number of piperidine rings is 1. The molecule has 3 saturated heterocycles. The van der Waals surface area contributed by atoms with Crippen molar-refractivity contribution in [1.82, 2.24) is 4.90 Å². The van der Waals surface area contributed by atoms with E-state index < -0.39 is 5.60 Å². The molecule has 9 rings (SSSR count). The van der Waals surface area contributed by atoms with Crippen LogP contribution in [-0.2, 0) is 18.9 Å². The van der Waals surface area contributed by atoms with E-state index in [4.69, 9.17) is 23.7 Å². The monoisotopic (exact) mass is 553 g/mol. The summed E-state index contributed by atoms with van der Waals surface area (Å²) in [5.41, 5.74) is -0.694. The predicted molar refractivity (Wildman–Crippen MR) is 145 cm³/mol. The Morgan fingerprint density at radius 1 is 1.12 bits per heavy atom. The van der Waals surface area contributed by atoms with E-state index in [-0.39, 0.29) is 82.7 Å². The van der Waals surface area contributed by atoms with Gasteiger partial charge in [-0.15, -0.1) is 0 Å². The van der Waals surface area contributed by atoms with Gasteiger partial charge in [0.15, 0.2) is 5.78 Å². The van der Waals surface area contributed by atoms with Crippen LogP contribution in [0, 0.1) is 46.3 Å². The summed E-state index contributed by atoms with van der Waals surface area (Å²) < 4.78 is 31.0. The summed E-state index contributed by atoms with van der Waals surface area (Å²) in [6.45, 7) is 3.73. The van der Waals surface area contributed by atoms with Gasteiger partial charge in [0.25, 0.3) is 0 Å². The van der Waals surface area contributed by atoms with Crippen molar-refractivity contribution in [2.75, 3.05) is 41.6 Å². The molecule has 14 atom stereocenters. The number of fused-ring (bicyclic) bond motifs is 1. The number of ketones is 1. The molecule has 0 aromatic heterocycles. The summed E-state index contributed by atoms with van der Waals surface area (Å²) in [5, 5.41) is 13.1. The van der Waals surface area contributed by atoms with Gasteiger partial charge in [0.2, 0.25) is 0 Å². The van der Waals surface area contributed by atoms with Crippen molar-refractivity contribution in [3.8, 4) is 5.75 Å². The molecule has 8 heteroatoms. The number of methoxy groups -OCH3 is 4. The normalized spacial score (nSPS) is 52.8. The molecule has 3 aliphatic heterocycles. The van der Waals surface area contributed by atoms with Gasteiger partial charge in [-0.05, 0) is 61.9 Å². The van der Waals surface area contributed by atoms with Crippen LogP contribution in [0.2, 0.25) is 0 Å². The number of carbonyl (C=O) groups excluding carboxylic acids is 1. The molecule has 3 heterocycles. The third kappa shape index (κ3) is 2.65. The predicted octanol–water partition coefficient (Wildman–Crippen LogP) is 3.01. The first-order chi connectivity index (χ1) is 19.4. The second kappa shape index (κ2) is 8.51. The first kappa shape index (κ1) is 26.1. The summed E-state index contributed by atoms with van der Waals surface area (Å²) >= 11 is 0. The van der Waals surface area contributed by atoms with Crippen LogP contribution in [0.15, 0.2) is 24.3 Å². The number of hydrogen-bond acceptors (Lipinski definition) is 8. The average Bonchev–Trinajstić information content (AvgIpc) is 3.54. The SMILES string of the molecule is CCN1C2O[C@H]3[C@H]4[C@@H]1[C@]1([C@@H](OC)CC[C@]2(COC)[C@@H]31)[C@@H]1C[C@H]2[C@H](C(=O)c3ccc(OC)cc3)[C@@H]1[C@]4(O)C[C@@H]2OC. The highest BCUT2D eigenvalue weighted by Gasteiger charge is 2.90. The summed E-state index contributed by atoms with van der Waals surface area (Å²) in [7, 11) is 7.06. The van der Waals surface area contributed by atoms with Crippen LogP contribution in [0.25, 0.3) is 0 Å². The van der Waals surface area contributed by atoms with E-state index in [0.717, 1.165) is 31.6 Å². The first-order valence-corrected chi connectivity index (χ1v) is 15.2. The van der Waals surface area contributed by atoms with Gasteiger partial charge in [0.05, 0.1) is 37.6 Å². The number of ether oxygens (including phenoxy) is 5. The smallest absolute Gasteiger partial charge is 0.166 e. The zero-order chi connectivity index (χ0) is 27.8. The molecule has 1 spiro atoms. The Labute approximate surface area is 236 Å². The Balaban J connectivity index is 1.33. The Morgan fingerprint density at radius 2 is 1.90 bits per heavy atom. The maximum absolute atomic E-state index is 14.5. The highest BCUT2D eigenvalue weighted by Crippen LogP contribution is 2.83. The molecule has 40 heavy (non-hydrogen) atoms. The highest BCUT2D eigenvalue weighted by molar-refractivity contribution is 5.99. The van der Waals surface area contributed by atoms with Crippen LogP contribution in [0.3, 0.4) is 0 Å².